The molecule has 208 valence electrons. The van der Waals surface area contributed by atoms with Crippen molar-refractivity contribution < 1.29 is 28.3 Å². The van der Waals surface area contributed by atoms with Crippen LogP contribution in [0.3, 0.4) is 0 Å². The number of nitrogens with one attached hydrogen (secondary N) is 2. The highest BCUT2D eigenvalue weighted by atomic mass is 16.6. The standard InChI is InChI=1S/C31H28N4O6/c1-4-38-30(36)27-29(33-18-32-27)40-25-16-14-23(15-17-25)22-10-12-24(13-11-22)28-26(19(2)35-41-28)34-31(37)39-20(3)21-8-6-5-7-9-21/h5-18,20H,4H2,1-3H3,(H,32,33)(H,34,37)/t20-/m1/s1. The number of carbonyl (C=O) groups excluding carboxylic acids is 2. The van der Waals surface area contributed by atoms with Crippen molar-refractivity contribution in [3.8, 4) is 34.1 Å². The zero-order valence-corrected chi connectivity index (χ0v) is 22.7. The fraction of sp³-hybridized carbons (Fsp3) is 0.161. The first-order valence-corrected chi connectivity index (χ1v) is 13.0. The second kappa shape index (κ2) is 12.2. The predicted octanol–water partition coefficient (Wildman–Crippen LogP) is 7.32. The van der Waals surface area contributed by atoms with Crippen LogP contribution in [0.5, 0.6) is 11.6 Å². The summed E-state index contributed by atoms with van der Waals surface area (Å²) in [6.45, 7) is 5.54. The van der Waals surface area contributed by atoms with Crippen LogP contribution in [0.4, 0.5) is 10.5 Å². The van der Waals surface area contributed by atoms with E-state index in [1.807, 2.05) is 73.7 Å². The molecule has 5 rings (SSSR count). The maximum Gasteiger partial charge on any atom is 0.412 e. The molecule has 0 aliphatic heterocycles. The SMILES string of the molecule is CCOC(=O)c1[nH]cnc1Oc1ccc(-c2ccc(-c3onc(C)c3NC(=O)O[C@H](C)c3ccccc3)cc2)cc1. The molecule has 0 saturated carbocycles. The van der Waals surface area contributed by atoms with Gasteiger partial charge in [0.1, 0.15) is 23.2 Å². The van der Waals surface area contributed by atoms with Gasteiger partial charge in [-0.2, -0.15) is 0 Å². The third-order valence-corrected chi connectivity index (χ3v) is 6.28. The van der Waals surface area contributed by atoms with Gasteiger partial charge in [0.25, 0.3) is 5.88 Å². The van der Waals surface area contributed by atoms with E-state index >= 15 is 0 Å². The number of esters is 1. The molecule has 10 heteroatoms. The van der Waals surface area contributed by atoms with E-state index in [2.05, 4.69) is 20.4 Å². The quantitative estimate of drug-likeness (QED) is 0.182. The number of rotatable bonds is 9. The molecule has 2 aromatic heterocycles. The lowest BCUT2D eigenvalue weighted by atomic mass is 10.0. The van der Waals surface area contributed by atoms with E-state index < -0.39 is 18.2 Å². The van der Waals surface area contributed by atoms with Crippen molar-refractivity contribution in [3.63, 3.8) is 0 Å². The summed E-state index contributed by atoms with van der Waals surface area (Å²) in [5.74, 6) is 0.559. The normalized spacial score (nSPS) is 11.5. The monoisotopic (exact) mass is 552 g/mol. The third-order valence-electron chi connectivity index (χ3n) is 6.28. The molecule has 0 spiro atoms. The van der Waals surface area contributed by atoms with Crippen molar-refractivity contribution in [2.24, 2.45) is 0 Å². The van der Waals surface area contributed by atoms with Gasteiger partial charge in [-0.25, -0.2) is 14.6 Å². The Morgan fingerprint density at radius 2 is 1.61 bits per heavy atom. The van der Waals surface area contributed by atoms with Crippen molar-refractivity contribution in [1.29, 1.82) is 0 Å². The number of nitrogens with zero attached hydrogens (tertiary/aromatic N) is 2. The highest BCUT2D eigenvalue weighted by molar-refractivity contribution is 5.91. The second-order valence-corrected chi connectivity index (χ2v) is 9.06. The Hall–Kier alpha value is -5.38. The first kappa shape index (κ1) is 27.2. The van der Waals surface area contributed by atoms with Gasteiger partial charge in [-0.05, 0) is 49.6 Å². The lowest BCUT2D eigenvalue weighted by Crippen LogP contribution is -2.16. The van der Waals surface area contributed by atoms with Crippen molar-refractivity contribution in [1.82, 2.24) is 15.1 Å². The van der Waals surface area contributed by atoms with Gasteiger partial charge in [0.05, 0.1) is 12.9 Å². The van der Waals surface area contributed by atoms with E-state index in [0.29, 0.717) is 22.9 Å². The first-order chi connectivity index (χ1) is 19.9. The minimum atomic E-state index is -0.600. The number of aromatic amines is 1. The van der Waals surface area contributed by atoms with Crippen LogP contribution in [0.1, 0.15) is 41.7 Å². The highest BCUT2D eigenvalue weighted by Gasteiger charge is 2.20. The van der Waals surface area contributed by atoms with Crippen LogP contribution >= 0.6 is 0 Å². The fourth-order valence-corrected chi connectivity index (χ4v) is 4.15. The average molecular weight is 553 g/mol. The highest BCUT2D eigenvalue weighted by Crippen LogP contribution is 2.33. The Labute approximate surface area is 236 Å². The van der Waals surface area contributed by atoms with Crippen molar-refractivity contribution in [2.75, 3.05) is 11.9 Å². The molecule has 0 saturated heterocycles. The molecule has 10 nitrogen and oxygen atoms in total. The zero-order valence-electron chi connectivity index (χ0n) is 22.7. The first-order valence-electron chi connectivity index (χ1n) is 13.0. The molecule has 5 aromatic rings. The number of ether oxygens (including phenoxy) is 3. The lowest BCUT2D eigenvalue weighted by Gasteiger charge is -2.14. The number of aromatic nitrogens is 3. The van der Waals surface area contributed by atoms with Gasteiger partial charge in [-0.3, -0.25) is 5.32 Å². The number of benzene rings is 3. The molecule has 2 N–H and O–H groups in total. The molecule has 0 aliphatic carbocycles. The summed E-state index contributed by atoms with van der Waals surface area (Å²) in [6, 6.07) is 24.5. The maximum absolute atomic E-state index is 12.6. The largest absolute Gasteiger partial charge is 0.461 e. The van der Waals surface area contributed by atoms with Gasteiger partial charge in [0.2, 0.25) is 0 Å². The molecule has 0 aliphatic rings. The van der Waals surface area contributed by atoms with Gasteiger partial charge >= 0.3 is 12.1 Å². The fourth-order valence-electron chi connectivity index (χ4n) is 4.15. The molecular formula is C31H28N4O6. The van der Waals surface area contributed by atoms with Gasteiger partial charge in [0, 0.05) is 5.56 Å². The van der Waals surface area contributed by atoms with Crippen LogP contribution in [0.15, 0.2) is 89.7 Å². The van der Waals surface area contributed by atoms with E-state index in [1.54, 1.807) is 26.0 Å². The Kier molecular flexibility index (Phi) is 8.10. The number of amides is 1. The number of imidazole rings is 1. The van der Waals surface area contributed by atoms with E-state index in [0.717, 1.165) is 22.3 Å². The summed E-state index contributed by atoms with van der Waals surface area (Å²) in [5, 5.41) is 6.81. The lowest BCUT2D eigenvalue weighted by molar-refractivity contribution is 0.0517. The van der Waals surface area contributed by atoms with Crippen LogP contribution < -0.4 is 10.1 Å². The zero-order chi connectivity index (χ0) is 28.8. The Morgan fingerprint density at radius 1 is 0.951 bits per heavy atom. The minimum absolute atomic E-state index is 0.144. The molecule has 1 amide bonds. The molecule has 0 fully saturated rings. The summed E-state index contributed by atoms with van der Waals surface area (Å²) in [5.41, 5.74) is 4.67. The molecule has 0 radical (unpaired) electrons. The van der Waals surface area contributed by atoms with E-state index in [1.165, 1.54) is 6.33 Å². The Morgan fingerprint density at radius 3 is 2.29 bits per heavy atom. The third kappa shape index (κ3) is 6.27. The van der Waals surface area contributed by atoms with Crippen molar-refractivity contribution in [2.45, 2.75) is 26.9 Å². The van der Waals surface area contributed by atoms with E-state index in [4.69, 9.17) is 18.7 Å². The summed E-state index contributed by atoms with van der Waals surface area (Å²) in [7, 11) is 0. The molecule has 41 heavy (non-hydrogen) atoms. The predicted molar refractivity (Wildman–Crippen MR) is 152 cm³/mol. The number of aryl methyl sites for hydroxylation is 1. The van der Waals surface area contributed by atoms with Crippen LogP contribution in [-0.2, 0) is 9.47 Å². The minimum Gasteiger partial charge on any atom is -0.461 e. The Balaban J connectivity index is 1.26. The summed E-state index contributed by atoms with van der Waals surface area (Å²) < 4.78 is 21.9. The van der Waals surface area contributed by atoms with Crippen LogP contribution in [-0.4, -0.2) is 33.8 Å². The van der Waals surface area contributed by atoms with Gasteiger partial charge < -0.3 is 23.7 Å². The van der Waals surface area contributed by atoms with Gasteiger partial charge in [-0.15, -0.1) is 0 Å². The van der Waals surface area contributed by atoms with E-state index in [-0.39, 0.29) is 18.2 Å². The van der Waals surface area contributed by atoms with Crippen molar-refractivity contribution >= 4 is 17.7 Å². The topological polar surface area (TPSA) is 129 Å². The second-order valence-electron chi connectivity index (χ2n) is 9.06. The van der Waals surface area contributed by atoms with Crippen LogP contribution in [0.2, 0.25) is 0 Å². The molecule has 1 atom stereocenters. The smallest absolute Gasteiger partial charge is 0.412 e. The molecule has 0 bridgehead atoms. The number of anilines is 1. The van der Waals surface area contributed by atoms with E-state index in [9.17, 15) is 9.59 Å². The number of hydrogen-bond acceptors (Lipinski definition) is 8. The number of carbonyl (C=O) groups is 2. The Bertz CT molecular complexity index is 1630. The molecular weight excluding hydrogens is 524 g/mol. The van der Waals surface area contributed by atoms with Gasteiger partial charge in [0.15, 0.2) is 11.5 Å². The van der Waals surface area contributed by atoms with Crippen molar-refractivity contribution in [3.05, 3.63) is 102 Å². The molecule has 2 heterocycles. The summed E-state index contributed by atoms with van der Waals surface area (Å²) in [6.07, 6.45) is 0.356. The average Bonchev–Trinajstić information content (AvgIpc) is 3.60. The molecule has 3 aromatic carbocycles. The van der Waals surface area contributed by atoms with Crippen LogP contribution in [0.25, 0.3) is 22.5 Å². The number of hydrogen-bond donors (Lipinski definition) is 2. The summed E-state index contributed by atoms with van der Waals surface area (Å²) >= 11 is 0. The van der Waals surface area contributed by atoms with Crippen LogP contribution in [0, 0.1) is 6.92 Å². The van der Waals surface area contributed by atoms with Gasteiger partial charge in [-0.1, -0.05) is 71.9 Å². The maximum atomic E-state index is 12.6. The summed E-state index contributed by atoms with van der Waals surface area (Å²) in [4.78, 5) is 31.5. The molecule has 0 unspecified atom stereocenters. The number of H-pyrrole nitrogens is 1.